The average Bonchev–Trinajstić information content (AvgIpc) is 3.41. The number of hydrogen-bond acceptors (Lipinski definition) is 6. The van der Waals surface area contributed by atoms with Gasteiger partial charge in [-0.2, -0.15) is 0 Å². The number of carbonyl (C=O) groups is 1. The van der Waals surface area contributed by atoms with Crippen molar-refractivity contribution in [3.05, 3.63) is 35.7 Å². The van der Waals surface area contributed by atoms with Crippen molar-refractivity contribution in [1.82, 2.24) is 20.3 Å². The number of piperidine rings is 3. The lowest BCUT2D eigenvalue weighted by atomic mass is 9.75. The summed E-state index contributed by atoms with van der Waals surface area (Å²) in [6, 6.07) is 6.21. The van der Waals surface area contributed by atoms with E-state index in [1.807, 2.05) is 29.1 Å². The Labute approximate surface area is 181 Å². The predicted molar refractivity (Wildman–Crippen MR) is 110 cm³/mol. The number of carbonyl (C=O) groups excluding carboxylic acids is 1. The fourth-order valence-electron chi connectivity index (χ4n) is 5.08. The number of aliphatic hydroxyl groups is 1. The molecule has 4 aliphatic heterocycles. The van der Waals surface area contributed by atoms with Crippen molar-refractivity contribution < 1.29 is 24.3 Å². The van der Waals surface area contributed by atoms with Crippen molar-refractivity contribution in [1.29, 1.82) is 0 Å². The lowest BCUT2D eigenvalue weighted by Crippen LogP contribution is -3.20. The largest absolute Gasteiger partial charge is 0.454 e. The van der Waals surface area contributed by atoms with E-state index in [0.717, 1.165) is 49.5 Å². The molecule has 6 rings (SSSR count). The van der Waals surface area contributed by atoms with E-state index in [4.69, 9.17) is 9.47 Å². The predicted octanol–water partition coefficient (Wildman–Crippen LogP) is -0.156. The third-order valence-electron chi connectivity index (χ3n) is 6.87. The van der Waals surface area contributed by atoms with Crippen LogP contribution in [0, 0.1) is 11.8 Å². The van der Waals surface area contributed by atoms with Crippen LogP contribution in [0.5, 0.6) is 11.5 Å². The van der Waals surface area contributed by atoms with Gasteiger partial charge in [0.2, 0.25) is 12.7 Å². The van der Waals surface area contributed by atoms with Crippen molar-refractivity contribution in [2.75, 3.05) is 19.9 Å². The van der Waals surface area contributed by atoms with Crippen LogP contribution in [0.2, 0.25) is 0 Å². The number of ether oxygens (including phenoxy) is 2. The summed E-state index contributed by atoms with van der Waals surface area (Å²) in [4.78, 5) is 14.4. The summed E-state index contributed by atoms with van der Waals surface area (Å²) < 4.78 is 12.6. The molecular formula is C22H30N5O4+. The maximum atomic E-state index is 12.9. The van der Waals surface area contributed by atoms with Crippen LogP contribution >= 0.6 is 0 Å². The quantitative estimate of drug-likeness (QED) is 0.591. The molecule has 31 heavy (non-hydrogen) atoms. The number of nitrogens with one attached hydrogen (secondary N) is 2. The highest BCUT2D eigenvalue weighted by Gasteiger charge is 2.46. The van der Waals surface area contributed by atoms with E-state index >= 15 is 0 Å². The highest BCUT2D eigenvalue weighted by Crippen LogP contribution is 2.32. The Hall–Kier alpha value is -2.65. The van der Waals surface area contributed by atoms with Crippen LogP contribution in [0.3, 0.4) is 0 Å². The van der Waals surface area contributed by atoms with Gasteiger partial charge in [-0.15, -0.1) is 5.10 Å². The molecule has 4 atom stereocenters. The summed E-state index contributed by atoms with van der Waals surface area (Å²) in [6.07, 6.45) is 3.92. The molecule has 9 nitrogen and oxygen atoms in total. The number of rotatable bonds is 6. The molecule has 1 aromatic heterocycles. The van der Waals surface area contributed by atoms with Crippen molar-refractivity contribution in [2.24, 2.45) is 11.8 Å². The summed E-state index contributed by atoms with van der Waals surface area (Å²) in [5.74, 6) is 2.09. The Morgan fingerprint density at radius 3 is 2.94 bits per heavy atom. The van der Waals surface area contributed by atoms with Gasteiger partial charge in [-0.25, -0.2) is 4.68 Å². The molecule has 5 heterocycles. The SMILES string of the molecule is CC(C)(O)c1cn(C[C@H]2C[C@@H]3CC[NH+]2C[C@@H]3C(=O)NCc2ccc3c(c2)OCO3)nn1. The van der Waals surface area contributed by atoms with Gasteiger partial charge < -0.3 is 24.8 Å². The molecule has 2 bridgehead atoms. The zero-order valence-corrected chi connectivity index (χ0v) is 18.0. The fourth-order valence-corrected chi connectivity index (χ4v) is 5.08. The van der Waals surface area contributed by atoms with E-state index in [9.17, 15) is 9.90 Å². The second-order valence-corrected chi connectivity index (χ2v) is 9.49. The lowest BCUT2D eigenvalue weighted by molar-refractivity contribution is -0.945. The second kappa shape index (κ2) is 7.80. The first-order chi connectivity index (χ1) is 14.9. The summed E-state index contributed by atoms with van der Waals surface area (Å²) in [6.45, 7) is 6.89. The van der Waals surface area contributed by atoms with Gasteiger partial charge in [0.15, 0.2) is 11.5 Å². The van der Waals surface area contributed by atoms with E-state index in [1.165, 1.54) is 4.90 Å². The van der Waals surface area contributed by atoms with Gasteiger partial charge in [0.1, 0.15) is 17.3 Å². The lowest BCUT2D eigenvalue weighted by Gasteiger charge is -2.46. The van der Waals surface area contributed by atoms with E-state index in [-0.39, 0.29) is 18.6 Å². The van der Waals surface area contributed by atoms with Gasteiger partial charge in [-0.05, 0) is 37.5 Å². The molecule has 0 spiro atoms. The Morgan fingerprint density at radius 2 is 2.19 bits per heavy atom. The molecule has 1 unspecified atom stereocenters. The van der Waals surface area contributed by atoms with Crippen LogP contribution in [0.4, 0.5) is 0 Å². The highest BCUT2D eigenvalue weighted by atomic mass is 16.7. The zero-order valence-electron chi connectivity index (χ0n) is 18.0. The summed E-state index contributed by atoms with van der Waals surface area (Å²) in [5.41, 5.74) is 0.607. The summed E-state index contributed by atoms with van der Waals surface area (Å²) in [7, 11) is 0. The molecule has 3 saturated heterocycles. The smallest absolute Gasteiger partial charge is 0.231 e. The first-order valence-corrected chi connectivity index (χ1v) is 11.0. The molecule has 0 radical (unpaired) electrons. The van der Waals surface area contributed by atoms with E-state index < -0.39 is 5.60 Å². The van der Waals surface area contributed by atoms with Gasteiger partial charge in [0, 0.05) is 19.4 Å². The van der Waals surface area contributed by atoms with E-state index in [0.29, 0.717) is 24.2 Å². The van der Waals surface area contributed by atoms with Gasteiger partial charge in [-0.1, -0.05) is 11.3 Å². The third-order valence-corrected chi connectivity index (χ3v) is 6.87. The van der Waals surface area contributed by atoms with Crippen LogP contribution < -0.4 is 19.7 Å². The van der Waals surface area contributed by atoms with Gasteiger partial charge >= 0.3 is 0 Å². The molecule has 1 amide bonds. The topological polar surface area (TPSA) is 103 Å². The number of hydrogen-bond donors (Lipinski definition) is 3. The molecule has 0 aliphatic carbocycles. The van der Waals surface area contributed by atoms with Gasteiger partial charge in [-0.3, -0.25) is 4.79 Å². The third kappa shape index (κ3) is 4.12. The fraction of sp³-hybridized carbons (Fsp3) is 0.591. The second-order valence-electron chi connectivity index (χ2n) is 9.49. The molecule has 166 valence electrons. The Bertz CT molecular complexity index is 969. The molecule has 0 saturated carbocycles. The number of fused-ring (bicyclic) bond motifs is 4. The first kappa shape index (κ1) is 20.3. The normalized spacial score (nSPS) is 26.8. The summed E-state index contributed by atoms with van der Waals surface area (Å²) >= 11 is 0. The van der Waals surface area contributed by atoms with Crippen molar-refractivity contribution in [2.45, 2.75) is 51.4 Å². The molecule has 9 heteroatoms. The van der Waals surface area contributed by atoms with Crippen molar-refractivity contribution in [3.8, 4) is 11.5 Å². The standard InChI is InChI=1S/C22H29N5O4/c1-22(2,29)20-12-27(25-24-20)10-16-8-15-5-6-26(16)11-17(15)21(28)23-9-14-3-4-18-19(7-14)31-13-30-18/h3-4,7,12,15-17,29H,5-6,8-11,13H2,1-2H3,(H,23,28)/p+1/t15-,16+,17-/m0/s1. The highest BCUT2D eigenvalue weighted by molar-refractivity contribution is 5.79. The number of amides is 1. The first-order valence-electron chi connectivity index (χ1n) is 11.0. The minimum Gasteiger partial charge on any atom is -0.454 e. The monoisotopic (exact) mass is 428 g/mol. The van der Waals surface area contributed by atoms with Gasteiger partial charge in [0.25, 0.3) is 0 Å². The molecular weight excluding hydrogens is 398 g/mol. The molecule has 1 aromatic carbocycles. The molecule has 3 N–H and O–H groups in total. The van der Waals surface area contributed by atoms with E-state index in [2.05, 4.69) is 15.6 Å². The Morgan fingerprint density at radius 1 is 1.35 bits per heavy atom. The van der Waals surface area contributed by atoms with Crippen LogP contribution in [-0.4, -0.2) is 51.9 Å². The number of benzene rings is 1. The van der Waals surface area contributed by atoms with Crippen molar-refractivity contribution >= 4 is 5.91 Å². The van der Waals surface area contributed by atoms with Gasteiger partial charge in [0.05, 0.1) is 31.7 Å². The van der Waals surface area contributed by atoms with Crippen LogP contribution in [0.15, 0.2) is 24.4 Å². The molecule has 2 aromatic rings. The zero-order chi connectivity index (χ0) is 21.6. The summed E-state index contributed by atoms with van der Waals surface area (Å²) in [5, 5.41) is 21.5. The van der Waals surface area contributed by atoms with Crippen molar-refractivity contribution in [3.63, 3.8) is 0 Å². The van der Waals surface area contributed by atoms with Crippen LogP contribution in [0.1, 0.15) is 37.9 Å². The molecule has 3 fully saturated rings. The number of aromatic nitrogens is 3. The maximum absolute atomic E-state index is 12.9. The Kier molecular flexibility index (Phi) is 5.10. The van der Waals surface area contributed by atoms with Crippen LogP contribution in [-0.2, 0) is 23.5 Å². The maximum Gasteiger partial charge on any atom is 0.231 e. The average molecular weight is 429 g/mol. The minimum absolute atomic E-state index is 0.0525. The minimum atomic E-state index is -0.988. The van der Waals surface area contributed by atoms with Crippen LogP contribution in [0.25, 0.3) is 0 Å². The Balaban J connectivity index is 1.17. The molecule has 4 aliphatic rings. The van der Waals surface area contributed by atoms with E-state index in [1.54, 1.807) is 13.8 Å². The number of nitrogens with zero attached hydrogens (tertiary/aromatic N) is 3. The number of quaternary nitrogens is 1.